The molecule has 1 heterocycles. The number of nitrogens with one attached hydrogen (secondary N) is 1. The van der Waals surface area contributed by atoms with Gasteiger partial charge in [0.25, 0.3) is 5.56 Å². The van der Waals surface area contributed by atoms with Gasteiger partial charge in [0.2, 0.25) is 11.8 Å². The van der Waals surface area contributed by atoms with Gasteiger partial charge in [0.1, 0.15) is 6.54 Å². The summed E-state index contributed by atoms with van der Waals surface area (Å²) in [5.74, 6) is -0.772. The Morgan fingerprint density at radius 1 is 1.15 bits per heavy atom. The lowest BCUT2D eigenvalue weighted by Gasteiger charge is -2.17. The molecule has 0 saturated carbocycles. The van der Waals surface area contributed by atoms with Crippen molar-refractivity contribution in [2.45, 2.75) is 6.54 Å². The average Bonchev–Trinajstić information content (AvgIpc) is 2.66. The first-order chi connectivity index (χ1) is 13.0. The van der Waals surface area contributed by atoms with Crippen LogP contribution in [0, 0.1) is 0 Å². The summed E-state index contributed by atoms with van der Waals surface area (Å²) in [5, 5.41) is 3.50. The number of halogens is 1. The second-order valence-electron chi connectivity index (χ2n) is 5.97. The number of carbonyl (C=O) groups excluding carboxylic acids is 2. The van der Waals surface area contributed by atoms with Crippen molar-refractivity contribution in [3.63, 3.8) is 0 Å². The van der Waals surface area contributed by atoms with E-state index in [0.29, 0.717) is 21.6 Å². The fraction of sp³-hybridized carbons (Fsp3) is 0.158. The Balaban J connectivity index is 1.66. The van der Waals surface area contributed by atoms with Crippen LogP contribution in [-0.4, -0.2) is 39.9 Å². The van der Waals surface area contributed by atoms with Crippen LogP contribution in [0.5, 0.6) is 0 Å². The SMILES string of the molecule is CN(CC(=O)Nc1ccccc1Cl)C(=O)Cn1cnc2ccccc2c1=O. The zero-order valence-electron chi connectivity index (χ0n) is 14.6. The summed E-state index contributed by atoms with van der Waals surface area (Å²) in [6, 6.07) is 13.7. The lowest BCUT2D eigenvalue weighted by Crippen LogP contribution is -2.38. The minimum Gasteiger partial charge on any atom is -0.335 e. The number of para-hydroxylation sites is 2. The molecule has 27 heavy (non-hydrogen) atoms. The number of rotatable bonds is 5. The van der Waals surface area contributed by atoms with Crippen LogP contribution in [0.1, 0.15) is 0 Å². The van der Waals surface area contributed by atoms with Crippen molar-refractivity contribution in [3.05, 3.63) is 70.2 Å². The lowest BCUT2D eigenvalue weighted by molar-refractivity contribution is -0.133. The zero-order chi connectivity index (χ0) is 19.4. The fourth-order valence-electron chi connectivity index (χ4n) is 2.54. The van der Waals surface area contributed by atoms with Crippen molar-refractivity contribution in [2.24, 2.45) is 0 Å². The Morgan fingerprint density at radius 3 is 2.63 bits per heavy atom. The lowest BCUT2D eigenvalue weighted by atomic mass is 10.2. The van der Waals surface area contributed by atoms with E-state index < -0.39 is 0 Å². The predicted molar refractivity (Wildman–Crippen MR) is 104 cm³/mol. The number of nitrogens with zero attached hydrogens (tertiary/aromatic N) is 3. The molecule has 3 aromatic rings. The quantitative estimate of drug-likeness (QED) is 0.730. The summed E-state index contributed by atoms with van der Waals surface area (Å²) in [6.45, 7) is -0.369. The van der Waals surface area contributed by atoms with Crippen LogP contribution < -0.4 is 10.9 Å². The molecule has 0 spiro atoms. The third-order valence-corrected chi connectivity index (χ3v) is 4.32. The van der Waals surface area contributed by atoms with E-state index in [2.05, 4.69) is 10.3 Å². The van der Waals surface area contributed by atoms with Gasteiger partial charge in [-0.25, -0.2) is 4.98 Å². The van der Waals surface area contributed by atoms with Gasteiger partial charge in [-0.3, -0.25) is 19.0 Å². The summed E-state index contributed by atoms with van der Waals surface area (Å²) >= 11 is 6.00. The Bertz CT molecular complexity index is 1060. The molecule has 2 amide bonds. The molecule has 0 atom stereocenters. The highest BCUT2D eigenvalue weighted by molar-refractivity contribution is 6.33. The van der Waals surface area contributed by atoms with Crippen molar-refractivity contribution in [2.75, 3.05) is 18.9 Å². The largest absolute Gasteiger partial charge is 0.335 e. The van der Waals surface area contributed by atoms with Crippen LogP contribution in [0.25, 0.3) is 10.9 Å². The van der Waals surface area contributed by atoms with Gasteiger partial charge in [0, 0.05) is 7.05 Å². The third kappa shape index (κ3) is 4.32. The number of benzene rings is 2. The Hall–Kier alpha value is -3.19. The summed E-state index contributed by atoms with van der Waals surface area (Å²) in [6.07, 6.45) is 1.33. The van der Waals surface area contributed by atoms with Gasteiger partial charge in [0.15, 0.2) is 0 Å². The van der Waals surface area contributed by atoms with E-state index in [-0.39, 0.29) is 30.5 Å². The number of carbonyl (C=O) groups is 2. The van der Waals surface area contributed by atoms with E-state index in [1.54, 1.807) is 48.5 Å². The van der Waals surface area contributed by atoms with Crippen molar-refractivity contribution >= 4 is 40.0 Å². The number of hydrogen-bond donors (Lipinski definition) is 1. The standard InChI is InChI=1S/C19H17ClN4O3/c1-23(10-17(25)22-16-9-5-3-7-14(16)20)18(26)11-24-12-21-15-8-4-2-6-13(15)19(24)27/h2-9,12H,10-11H2,1H3,(H,22,25). The molecule has 3 rings (SSSR count). The van der Waals surface area contributed by atoms with Crippen LogP contribution in [-0.2, 0) is 16.1 Å². The van der Waals surface area contributed by atoms with Gasteiger partial charge in [0.05, 0.1) is 34.5 Å². The monoisotopic (exact) mass is 384 g/mol. The minimum absolute atomic E-state index is 0.167. The minimum atomic E-state index is -0.386. The van der Waals surface area contributed by atoms with E-state index in [0.717, 1.165) is 0 Å². The van der Waals surface area contributed by atoms with Gasteiger partial charge in [-0.15, -0.1) is 0 Å². The molecule has 0 aliphatic carbocycles. The number of aromatic nitrogens is 2. The molecular formula is C19H17ClN4O3. The van der Waals surface area contributed by atoms with Crippen LogP contribution in [0.4, 0.5) is 5.69 Å². The summed E-state index contributed by atoms with van der Waals surface area (Å²) in [7, 11) is 1.49. The Morgan fingerprint density at radius 2 is 1.85 bits per heavy atom. The molecule has 0 bridgehead atoms. The van der Waals surface area contributed by atoms with Crippen molar-refractivity contribution in [3.8, 4) is 0 Å². The highest BCUT2D eigenvalue weighted by Crippen LogP contribution is 2.20. The van der Waals surface area contributed by atoms with E-state index in [9.17, 15) is 14.4 Å². The summed E-state index contributed by atoms with van der Waals surface area (Å²) in [4.78, 5) is 42.4. The van der Waals surface area contributed by atoms with E-state index in [1.807, 2.05) is 0 Å². The van der Waals surface area contributed by atoms with Crippen molar-refractivity contribution in [1.29, 1.82) is 0 Å². The van der Waals surface area contributed by atoms with Gasteiger partial charge >= 0.3 is 0 Å². The zero-order valence-corrected chi connectivity index (χ0v) is 15.3. The molecule has 0 radical (unpaired) electrons. The van der Waals surface area contributed by atoms with Crippen LogP contribution in [0.2, 0.25) is 5.02 Å². The molecule has 138 valence electrons. The normalized spacial score (nSPS) is 10.6. The smallest absolute Gasteiger partial charge is 0.261 e. The van der Waals surface area contributed by atoms with E-state index >= 15 is 0 Å². The molecule has 2 aromatic carbocycles. The van der Waals surface area contributed by atoms with Crippen molar-refractivity contribution < 1.29 is 9.59 Å². The fourth-order valence-corrected chi connectivity index (χ4v) is 2.72. The highest BCUT2D eigenvalue weighted by atomic mass is 35.5. The van der Waals surface area contributed by atoms with Crippen molar-refractivity contribution in [1.82, 2.24) is 14.5 Å². The molecule has 0 unspecified atom stereocenters. The first-order valence-electron chi connectivity index (χ1n) is 8.18. The van der Waals surface area contributed by atoms with E-state index in [1.165, 1.54) is 22.8 Å². The number of amides is 2. The maximum atomic E-state index is 12.4. The molecule has 0 aliphatic rings. The molecule has 7 nitrogen and oxygen atoms in total. The molecule has 1 aromatic heterocycles. The highest BCUT2D eigenvalue weighted by Gasteiger charge is 2.15. The molecule has 1 N–H and O–H groups in total. The van der Waals surface area contributed by atoms with Crippen LogP contribution >= 0.6 is 11.6 Å². The van der Waals surface area contributed by atoms with Gasteiger partial charge in [-0.05, 0) is 24.3 Å². The number of likely N-dealkylation sites (N-methyl/N-ethyl adjacent to an activating group) is 1. The predicted octanol–water partition coefficient (Wildman–Crippen LogP) is 2.15. The third-order valence-electron chi connectivity index (χ3n) is 3.99. The van der Waals surface area contributed by atoms with Crippen LogP contribution in [0.15, 0.2) is 59.7 Å². The summed E-state index contributed by atoms with van der Waals surface area (Å²) < 4.78 is 1.23. The molecule has 0 saturated heterocycles. The van der Waals surface area contributed by atoms with E-state index in [4.69, 9.17) is 11.6 Å². The maximum absolute atomic E-state index is 12.4. The average molecular weight is 385 g/mol. The molecule has 8 heteroatoms. The first-order valence-corrected chi connectivity index (χ1v) is 8.56. The summed E-state index contributed by atoms with van der Waals surface area (Å²) in [5.41, 5.74) is 0.738. The van der Waals surface area contributed by atoms with Crippen LogP contribution in [0.3, 0.4) is 0 Å². The molecule has 0 fully saturated rings. The van der Waals surface area contributed by atoms with Gasteiger partial charge in [-0.2, -0.15) is 0 Å². The van der Waals surface area contributed by atoms with Gasteiger partial charge in [-0.1, -0.05) is 35.9 Å². The topological polar surface area (TPSA) is 84.3 Å². The number of fused-ring (bicyclic) bond motifs is 1. The van der Waals surface area contributed by atoms with Gasteiger partial charge < -0.3 is 10.2 Å². The maximum Gasteiger partial charge on any atom is 0.261 e. The second-order valence-corrected chi connectivity index (χ2v) is 6.38. The Labute approximate surface area is 160 Å². The second kappa shape index (κ2) is 8.01. The molecule has 0 aliphatic heterocycles. The number of hydrogen-bond acceptors (Lipinski definition) is 4. The molecular weight excluding hydrogens is 368 g/mol. The number of anilines is 1. The first kappa shape index (κ1) is 18.6. The Kier molecular flexibility index (Phi) is 5.52.